The molecule has 39 heavy (non-hydrogen) atoms. The van der Waals surface area contributed by atoms with E-state index in [2.05, 4.69) is 140 Å². The van der Waals surface area contributed by atoms with Gasteiger partial charge >= 0.3 is 0 Å². The molecular formula is C37H26N2. The minimum Gasteiger partial charge on any atom is -0.294 e. The zero-order valence-corrected chi connectivity index (χ0v) is 21.9. The monoisotopic (exact) mass is 498 g/mol. The Bertz CT molecular complexity index is 2200. The molecule has 0 unspecified atom stereocenters. The second-order valence-electron chi connectivity index (χ2n) is 10.5. The van der Waals surface area contributed by atoms with Gasteiger partial charge in [0.15, 0.2) is 0 Å². The lowest BCUT2D eigenvalue weighted by Crippen LogP contribution is -2.01. The van der Waals surface area contributed by atoms with Crippen LogP contribution in [0.1, 0.15) is 11.1 Å². The van der Waals surface area contributed by atoms with Gasteiger partial charge in [-0.15, -0.1) is 0 Å². The first kappa shape index (κ1) is 22.1. The minimum atomic E-state index is 0.941. The Morgan fingerprint density at radius 1 is 0.436 bits per heavy atom. The van der Waals surface area contributed by atoms with E-state index < -0.39 is 0 Å². The molecule has 2 nitrogen and oxygen atoms in total. The maximum atomic E-state index is 5.36. The molecule has 0 aliphatic heterocycles. The van der Waals surface area contributed by atoms with E-state index >= 15 is 0 Å². The molecule has 0 N–H and O–H groups in total. The van der Waals surface area contributed by atoms with Gasteiger partial charge in [-0.25, -0.2) is 4.98 Å². The Morgan fingerprint density at radius 2 is 0.897 bits per heavy atom. The van der Waals surface area contributed by atoms with Crippen LogP contribution in [-0.4, -0.2) is 9.55 Å². The fourth-order valence-corrected chi connectivity index (χ4v) is 6.40. The van der Waals surface area contributed by atoms with E-state index in [9.17, 15) is 0 Å². The number of pyridine rings is 1. The van der Waals surface area contributed by atoms with Gasteiger partial charge in [0.05, 0.1) is 16.7 Å². The predicted octanol–water partition coefficient (Wildman–Crippen LogP) is 9.92. The number of fused-ring (bicyclic) bond motifs is 9. The number of nitrogens with zero attached hydrogens (tertiary/aromatic N) is 2. The molecular weight excluding hydrogens is 472 g/mol. The molecule has 2 aromatic heterocycles. The molecule has 0 fully saturated rings. The third-order valence-corrected chi connectivity index (χ3v) is 8.24. The molecule has 0 radical (unpaired) electrons. The van der Waals surface area contributed by atoms with E-state index in [1.54, 1.807) is 0 Å². The number of rotatable bonds is 2. The van der Waals surface area contributed by atoms with Crippen molar-refractivity contribution in [3.63, 3.8) is 0 Å². The summed E-state index contributed by atoms with van der Waals surface area (Å²) in [7, 11) is 0. The first-order chi connectivity index (χ1) is 19.2. The largest absolute Gasteiger partial charge is 0.294 e. The van der Waals surface area contributed by atoms with Crippen molar-refractivity contribution in [1.82, 2.24) is 9.55 Å². The van der Waals surface area contributed by atoms with Gasteiger partial charge in [0.1, 0.15) is 5.82 Å². The number of hydrogen-bond donors (Lipinski definition) is 0. The predicted molar refractivity (Wildman–Crippen MR) is 166 cm³/mol. The van der Waals surface area contributed by atoms with E-state index in [0.29, 0.717) is 0 Å². The minimum absolute atomic E-state index is 0.941. The van der Waals surface area contributed by atoms with E-state index in [1.807, 2.05) is 0 Å². The summed E-state index contributed by atoms with van der Waals surface area (Å²) >= 11 is 0. The van der Waals surface area contributed by atoms with Gasteiger partial charge in [-0.3, -0.25) is 4.57 Å². The molecule has 0 spiro atoms. The summed E-state index contributed by atoms with van der Waals surface area (Å²) in [6.45, 7) is 4.38. The quantitative estimate of drug-likeness (QED) is 0.217. The van der Waals surface area contributed by atoms with Crippen molar-refractivity contribution in [3.8, 4) is 17.1 Å². The fourth-order valence-electron chi connectivity index (χ4n) is 6.40. The fraction of sp³-hybridized carbons (Fsp3) is 0.0541. The smallest absolute Gasteiger partial charge is 0.138 e. The highest BCUT2D eigenvalue weighted by atomic mass is 15.1. The molecule has 2 heteroatoms. The van der Waals surface area contributed by atoms with Gasteiger partial charge < -0.3 is 0 Å². The highest BCUT2D eigenvalue weighted by molar-refractivity contribution is 6.26. The van der Waals surface area contributed by atoms with Crippen LogP contribution in [0.25, 0.3) is 71.2 Å². The molecule has 6 aromatic carbocycles. The van der Waals surface area contributed by atoms with Crippen molar-refractivity contribution >= 4 is 54.1 Å². The zero-order chi connectivity index (χ0) is 26.1. The lowest BCUT2D eigenvalue weighted by atomic mass is 9.90. The van der Waals surface area contributed by atoms with Crippen LogP contribution in [-0.2, 0) is 0 Å². The van der Waals surface area contributed by atoms with Crippen LogP contribution >= 0.6 is 0 Å². The van der Waals surface area contributed by atoms with Crippen LogP contribution < -0.4 is 0 Å². The molecule has 0 saturated heterocycles. The summed E-state index contributed by atoms with van der Waals surface area (Å²) in [5.74, 6) is 0.941. The molecule has 0 bridgehead atoms. The Morgan fingerprint density at radius 3 is 1.46 bits per heavy atom. The molecule has 0 aliphatic carbocycles. The Labute approximate surface area is 226 Å². The van der Waals surface area contributed by atoms with Crippen molar-refractivity contribution in [1.29, 1.82) is 0 Å². The summed E-state index contributed by atoms with van der Waals surface area (Å²) in [6.07, 6.45) is 0. The Kier molecular flexibility index (Phi) is 4.68. The van der Waals surface area contributed by atoms with Crippen molar-refractivity contribution in [2.24, 2.45) is 0 Å². The highest BCUT2D eigenvalue weighted by Crippen LogP contribution is 2.39. The number of benzene rings is 6. The van der Waals surface area contributed by atoms with Gasteiger partial charge in [0.2, 0.25) is 0 Å². The van der Waals surface area contributed by atoms with E-state index in [1.165, 1.54) is 70.8 Å². The molecule has 0 atom stereocenters. The van der Waals surface area contributed by atoms with Crippen LogP contribution in [0.4, 0.5) is 0 Å². The summed E-state index contributed by atoms with van der Waals surface area (Å²) < 4.78 is 2.30. The number of para-hydroxylation sites is 2. The van der Waals surface area contributed by atoms with E-state index in [4.69, 9.17) is 4.98 Å². The van der Waals surface area contributed by atoms with E-state index in [0.717, 1.165) is 11.5 Å². The van der Waals surface area contributed by atoms with Gasteiger partial charge in [-0.1, -0.05) is 97.1 Å². The van der Waals surface area contributed by atoms with Crippen LogP contribution in [0.2, 0.25) is 0 Å². The number of aryl methyl sites for hydroxylation is 2. The van der Waals surface area contributed by atoms with Crippen molar-refractivity contribution in [3.05, 3.63) is 132 Å². The van der Waals surface area contributed by atoms with E-state index in [-0.39, 0.29) is 0 Å². The van der Waals surface area contributed by atoms with Crippen LogP contribution in [0.5, 0.6) is 0 Å². The molecule has 2 heterocycles. The SMILES string of the molecule is Cc1cc2c3ccccc3c3ccccc3c2cc1-c1nc(-n2c3ccccc3c3ccccc32)ccc1C. The maximum absolute atomic E-state index is 5.36. The molecule has 0 amide bonds. The van der Waals surface area contributed by atoms with Crippen molar-refractivity contribution < 1.29 is 0 Å². The van der Waals surface area contributed by atoms with Crippen molar-refractivity contribution in [2.45, 2.75) is 13.8 Å². The second-order valence-corrected chi connectivity index (χ2v) is 10.5. The molecule has 0 aliphatic rings. The summed E-state index contributed by atoms with van der Waals surface area (Å²) in [6, 6.07) is 43.8. The first-order valence-corrected chi connectivity index (χ1v) is 13.5. The highest BCUT2D eigenvalue weighted by Gasteiger charge is 2.17. The average Bonchev–Trinajstić information content (AvgIpc) is 3.32. The molecule has 0 saturated carbocycles. The standard InChI is InChI=1S/C37H26N2/c1-23-19-20-36(39-34-17-9-7-15-29(34)30-16-8-10-18-35(30)39)38-37(23)31-22-33-28-14-6-4-12-26(28)25-11-3-5-13-27(25)32(33)21-24(31)2/h3-22H,1-2H3. The average molecular weight is 499 g/mol. The van der Waals surface area contributed by atoms with Gasteiger partial charge in [-0.2, -0.15) is 0 Å². The lowest BCUT2D eigenvalue weighted by Gasteiger charge is -2.16. The maximum Gasteiger partial charge on any atom is 0.138 e. The zero-order valence-electron chi connectivity index (χ0n) is 21.9. The van der Waals surface area contributed by atoms with Gasteiger partial charge in [0.25, 0.3) is 0 Å². The summed E-state index contributed by atoms with van der Waals surface area (Å²) in [5.41, 5.74) is 6.97. The topological polar surface area (TPSA) is 17.8 Å². The van der Waals surface area contributed by atoms with Crippen molar-refractivity contribution in [2.75, 3.05) is 0 Å². The third-order valence-electron chi connectivity index (χ3n) is 8.24. The molecule has 184 valence electrons. The normalized spacial score (nSPS) is 11.8. The van der Waals surface area contributed by atoms with Gasteiger partial charge in [0, 0.05) is 16.3 Å². The summed E-state index contributed by atoms with van der Waals surface area (Å²) in [4.78, 5) is 5.36. The van der Waals surface area contributed by atoms with Crippen LogP contribution in [0, 0.1) is 13.8 Å². The van der Waals surface area contributed by atoms with Crippen LogP contribution in [0.3, 0.4) is 0 Å². The number of aromatic nitrogens is 2. The Balaban J connectivity index is 1.43. The first-order valence-electron chi connectivity index (χ1n) is 13.5. The number of hydrogen-bond acceptors (Lipinski definition) is 1. The van der Waals surface area contributed by atoms with Gasteiger partial charge in [-0.05, 0) is 81.6 Å². The molecule has 8 aromatic rings. The lowest BCUT2D eigenvalue weighted by molar-refractivity contribution is 1.07. The summed E-state index contributed by atoms with van der Waals surface area (Å²) in [5, 5.41) is 10.2. The molecule has 8 rings (SSSR count). The second kappa shape index (κ2) is 8.28. The Hall–Kier alpha value is -4.95. The van der Waals surface area contributed by atoms with Crippen LogP contribution in [0.15, 0.2) is 121 Å². The third kappa shape index (κ3) is 3.18.